The minimum atomic E-state index is -0.932. The molecule has 308 valence electrons. The van der Waals surface area contributed by atoms with Crippen LogP contribution < -0.4 is 20.3 Å². The summed E-state index contributed by atoms with van der Waals surface area (Å²) in [5, 5.41) is 30.1. The van der Waals surface area contributed by atoms with Crippen LogP contribution in [0.15, 0.2) is 72.8 Å². The Bertz CT molecular complexity index is 1950. The third-order valence-corrected chi connectivity index (χ3v) is 12.9. The van der Waals surface area contributed by atoms with Crippen LogP contribution in [0.4, 0.5) is 5.69 Å². The molecule has 1 saturated heterocycles. The van der Waals surface area contributed by atoms with E-state index in [2.05, 4.69) is 31.1 Å². The highest BCUT2D eigenvalue weighted by molar-refractivity contribution is 6.31. The Kier molecular flexibility index (Phi) is 13.1. The number of aliphatic hydroxyl groups is 2. The lowest BCUT2D eigenvalue weighted by Crippen LogP contribution is -2.59. The molecule has 11 nitrogen and oxygen atoms in total. The molecule has 0 aromatic heterocycles. The average molecular weight is 802 g/mol. The lowest BCUT2D eigenvalue weighted by molar-refractivity contribution is -0.182. The van der Waals surface area contributed by atoms with Crippen LogP contribution in [0.2, 0.25) is 5.02 Å². The molecular formula is C45H60ClN5O6. The number of anilines is 1. The number of hydrogen-bond acceptors (Lipinski definition) is 9. The summed E-state index contributed by atoms with van der Waals surface area (Å²) in [5.41, 5.74) is 5.75. The van der Waals surface area contributed by atoms with Crippen LogP contribution in [0.3, 0.4) is 0 Å². The number of likely N-dealkylation sites (N-methyl/N-ethyl adjacent to an activating group) is 1. The standard InChI is InChI=1S/C45H60ClN5O6/c1-26-36-21-32(45(36,3)4)22-38(26)48-44(55)41-40(27(2)53)39(25-52)57-51(41)23-29-14-12-15-35(42(29)56-9)30-17-31(20-34(19-30)50(7)8)43(54)47-33(24-49(5)6)18-28-13-10-11-16-37(28)46/h10-17,19-20,27,32-33,36,38-41,52-53H,1,18,21-25H2,2-9H3,(H,47,54)(H,48,55)/t27-,32?,33-,36-,38-,39-,40+,41-/m0/s1. The number of carbonyl (C=O) groups is 2. The Hall–Kier alpha value is -3.97. The molecule has 2 bridgehead atoms. The number of benzene rings is 3. The number of nitrogens with zero attached hydrogens (tertiary/aromatic N) is 3. The Morgan fingerprint density at radius 1 is 1.07 bits per heavy atom. The van der Waals surface area contributed by atoms with Crippen LogP contribution in [0, 0.1) is 23.2 Å². The summed E-state index contributed by atoms with van der Waals surface area (Å²) >= 11 is 6.52. The van der Waals surface area contributed by atoms with Crippen molar-refractivity contribution >= 4 is 29.1 Å². The maximum atomic E-state index is 14.3. The lowest BCUT2D eigenvalue weighted by atomic mass is 9.46. The first-order valence-electron chi connectivity index (χ1n) is 19.9. The summed E-state index contributed by atoms with van der Waals surface area (Å²) in [6, 6.07) is 17.9. The lowest BCUT2D eigenvalue weighted by Gasteiger charge is -2.60. The summed E-state index contributed by atoms with van der Waals surface area (Å²) in [4.78, 5) is 38.6. The molecule has 7 rings (SSSR count). The number of fused-ring (bicyclic) bond motifs is 2. The molecule has 1 heterocycles. The molecule has 4 aliphatic rings. The van der Waals surface area contributed by atoms with Crippen molar-refractivity contribution in [2.75, 3.05) is 53.4 Å². The van der Waals surface area contributed by atoms with E-state index >= 15 is 0 Å². The predicted molar refractivity (Wildman–Crippen MR) is 225 cm³/mol. The number of hydrogen-bond donors (Lipinski definition) is 4. The van der Waals surface area contributed by atoms with Gasteiger partial charge in [0, 0.05) is 60.0 Å². The van der Waals surface area contributed by atoms with E-state index in [1.807, 2.05) is 98.7 Å². The van der Waals surface area contributed by atoms with Crippen molar-refractivity contribution in [1.82, 2.24) is 20.6 Å². The number of ether oxygens (including phenoxy) is 1. The highest BCUT2D eigenvalue weighted by Crippen LogP contribution is 2.60. The minimum absolute atomic E-state index is 0.133. The molecule has 0 spiro atoms. The second-order valence-corrected chi connectivity index (χ2v) is 17.6. The van der Waals surface area contributed by atoms with Crippen molar-refractivity contribution in [3.05, 3.63) is 94.5 Å². The minimum Gasteiger partial charge on any atom is -0.496 e. The van der Waals surface area contributed by atoms with Gasteiger partial charge in [0.05, 0.1) is 32.4 Å². The molecule has 4 N–H and O–H groups in total. The Labute approximate surface area is 342 Å². The molecule has 3 aliphatic carbocycles. The van der Waals surface area contributed by atoms with Gasteiger partial charge in [0.2, 0.25) is 5.91 Å². The fourth-order valence-corrected chi connectivity index (χ4v) is 9.52. The summed E-state index contributed by atoms with van der Waals surface area (Å²) in [5.74, 6) is 0.245. The maximum Gasteiger partial charge on any atom is 0.251 e. The van der Waals surface area contributed by atoms with Crippen LogP contribution in [0.5, 0.6) is 5.75 Å². The van der Waals surface area contributed by atoms with Gasteiger partial charge in [-0.3, -0.25) is 14.4 Å². The zero-order valence-corrected chi connectivity index (χ0v) is 35.3. The van der Waals surface area contributed by atoms with Crippen molar-refractivity contribution in [2.24, 2.45) is 23.2 Å². The predicted octanol–water partition coefficient (Wildman–Crippen LogP) is 5.57. The van der Waals surface area contributed by atoms with E-state index in [0.717, 1.165) is 46.4 Å². The summed E-state index contributed by atoms with van der Waals surface area (Å²) in [6.45, 7) is 11.0. The van der Waals surface area contributed by atoms with Crippen molar-refractivity contribution in [1.29, 1.82) is 0 Å². The molecule has 0 radical (unpaired) electrons. The molecule has 4 fully saturated rings. The third kappa shape index (κ3) is 8.89. The topological polar surface area (TPSA) is 127 Å². The van der Waals surface area contributed by atoms with Gasteiger partial charge in [0.15, 0.2) is 0 Å². The third-order valence-electron chi connectivity index (χ3n) is 12.6. The number of methoxy groups -OCH3 is 1. The van der Waals surface area contributed by atoms with E-state index in [1.165, 1.54) is 0 Å². The molecule has 1 unspecified atom stereocenters. The molecule has 1 aliphatic heterocycles. The summed E-state index contributed by atoms with van der Waals surface area (Å²) in [7, 11) is 9.40. The second kappa shape index (κ2) is 17.5. The van der Waals surface area contributed by atoms with Crippen molar-refractivity contribution in [3.8, 4) is 16.9 Å². The van der Waals surface area contributed by atoms with E-state index in [4.69, 9.17) is 21.2 Å². The van der Waals surface area contributed by atoms with Gasteiger partial charge in [-0.1, -0.05) is 74.0 Å². The number of nitrogens with one attached hydrogen (secondary N) is 2. The van der Waals surface area contributed by atoms with E-state index < -0.39 is 24.2 Å². The van der Waals surface area contributed by atoms with E-state index in [0.29, 0.717) is 41.1 Å². The number of para-hydroxylation sites is 1. The monoisotopic (exact) mass is 801 g/mol. The first-order chi connectivity index (χ1) is 27.0. The van der Waals surface area contributed by atoms with E-state index in [-0.39, 0.29) is 42.5 Å². The van der Waals surface area contributed by atoms with E-state index in [1.54, 1.807) is 19.1 Å². The van der Waals surface area contributed by atoms with Crippen molar-refractivity contribution in [3.63, 3.8) is 0 Å². The van der Waals surface area contributed by atoms with Crippen LogP contribution in [-0.4, -0.2) is 111 Å². The van der Waals surface area contributed by atoms with Gasteiger partial charge in [-0.25, -0.2) is 0 Å². The molecular weight excluding hydrogens is 742 g/mol. The smallest absolute Gasteiger partial charge is 0.251 e. The quantitative estimate of drug-likeness (QED) is 0.146. The maximum absolute atomic E-state index is 14.3. The summed E-state index contributed by atoms with van der Waals surface area (Å²) in [6.07, 6.45) is 0.769. The molecule has 3 aromatic rings. The molecule has 57 heavy (non-hydrogen) atoms. The van der Waals surface area contributed by atoms with Gasteiger partial charge in [0.25, 0.3) is 5.91 Å². The largest absolute Gasteiger partial charge is 0.496 e. The Morgan fingerprint density at radius 3 is 2.40 bits per heavy atom. The van der Waals surface area contributed by atoms with Crippen molar-refractivity contribution < 1.29 is 29.4 Å². The molecule has 8 atom stereocenters. The highest BCUT2D eigenvalue weighted by atomic mass is 35.5. The first-order valence-corrected chi connectivity index (χ1v) is 20.3. The molecule has 3 saturated carbocycles. The summed E-state index contributed by atoms with van der Waals surface area (Å²) < 4.78 is 6.10. The van der Waals surface area contributed by atoms with Gasteiger partial charge in [-0.05, 0) is 92.9 Å². The van der Waals surface area contributed by atoms with Gasteiger partial charge in [0.1, 0.15) is 17.9 Å². The normalized spacial score (nSPS) is 25.1. The number of aliphatic hydroxyl groups excluding tert-OH is 2. The van der Waals surface area contributed by atoms with Crippen LogP contribution >= 0.6 is 11.6 Å². The fourth-order valence-electron chi connectivity index (χ4n) is 9.31. The van der Waals surface area contributed by atoms with Crippen LogP contribution in [-0.2, 0) is 22.6 Å². The number of carbonyl (C=O) groups excluding carboxylic acids is 2. The number of halogens is 1. The Morgan fingerprint density at radius 2 is 1.79 bits per heavy atom. The number of hydroxylamine groups is 2. The average Bonchev–Trinajstić information content (AvgIpc) is 3.54. The van der Waals surface area contributed by atoms with Crippen LogP contribution in [0.1, 0.15) is 55.1 Å². The van der Waals surface area contributed by atoms with Gasteiger partial charge in [-0.15, -0.1) is 0 Å². The van der Waals surface area contributed by atoms with Crippen molar-refractivity contribution in [2.45, 2.75) is 76.9 Å². The zero-order valence-electron chi connectivity index (χ0n) is 34.6. The highest BCUT2D eigenvalue weighted by Gasteiger charge is 2.56. The fraction of sp³-hybridized carbons (Fsp3) is 0.511. The molecule has 2 amide bonds. The van der Waals surface area contributed by atoms with Gasteiger partial charge >= 0.3 is 0 Å². The first kappa shape index (κ1) is 42.6. The number of amides is 2. The van der Waals surface area contributed by atoms with Gasteiger partial charge < -0.3 is 35.4 Å². The number of rotatable bonds is 15. The molecule has 12 heteroatoms. The van der Waals surface area contributed by atoms with E-state index in [9.17, 15) is 19.8 Å². The van der Waals surface area contributed by atoms with Gasteiger partial charge in [-0.2, -0.15) is 5.06 Å². The second-order valence-electron chi connectivity index (χ2n) is 17.2. The zero-order chi connectivity index (χ0) is 41.3. The SMILES string of the molecule is C=C1[C@@H](NC(=O)[C@@H]2[C@H]([C@H](C)O)[C@H](CO)ON2Cc2cccc(-c3cc(C(=O)N[C@@H](Cc4ccccc4Cl)CN(C)C)cc(N(C)C)c3)c2OC)CC2C[C@@H]1C2(C)C. The molecule has 3 aromatic carbocycles. The Balaban J connectivity index is 1.29. The van der Waals surface area contributed by atoms with Crippen LogP contribution in [0.25, 0.3) is 11.1 Å².